The molecular formula is C23H21N3O2. The molecule has 0 atom stereocenters. The third kappa shape index (κ3) is 3.69. The molecule has 0 aliphatic carbocycles. The van der Waals surface area contributed by atoms with Gasteiger partial charge in [-0.1, -0.05) is 42.5 Å². The highest BCUT2D eigenvalue weighted by Gasteiger charge is 2.15. The molecule has 0 saturated heterocycles. The minimum Gasteiger partial charge on any atom is -0.497 e. The Morgan fingerprint density at radius 1 is 0.821 bits per heavy atom. The molecule has 0 aliphatic heterocycles. The highest BCUT2D eigenvalue weighted by Crippen LogP contribution is 2.35. The summed E-state index contributed by atoms with van der Waals surface area (Å²) in [6.45, 7) is 0.536. The molecule has 140 valence electrons. The Labute approximate surface area is 163 Å². The number of methoxy groups -OCH3 is 1. The van der Waals surface area contributed by atoms with Gasteiger partial charge in [-0.15, -0.1) is 0 Å². The summed E-state index contributed by atoms with van der Waals surface area (Å²) in [5, 5.41) is 7.25. The summed E-state index contributed by atoms with van der Waals surface area (Å²) >= 11 is 0. The van der Waals surface area contributed by atoms with Gasteiger partial charge in [-0.25, -0.2) is 0 Å². The monoisotopic (exact) mass is 371 g/mol. The zero-order chi connectivity index (χ0) is 19.3. The van der Waals surface area contributed by atoms with E-state index in [0.717, 1.165) is 39.4 Å². The number of hydrogen-bond acceptors (Lipinski definition) is 4. The van der Waals surface area contributed by atoms with E-state index in [1.54, 1.807) is 7.11 Å². The van der Waals surface area contributed by atoms with E-state index >= 15 is 0 Å². The second-order valence-electron chi connectivity index (χ2n) is 6.39. The van der Waals surface area contributed by atoms with Gasteiger partial charge in [0.25, 0.3) is 0 Å². The zero-order valence-corrected chi connectivity index (χ0v) is 15.6. The summed E-state index contributed by atoms with van der Waals surface area (Å²) in [7, 11) is 1.65. The van der Waals surface area contributed by atoms with E-state index in [-0.39, 0.29) is 0 Å². The number of H-pyrrole nitrogens is 1. The Bertz CT molecular complexity index is 1040. The van der Waals surface area contributed by atoms with Crippen LogP contribution in [-0.4, -0.2) is 17.3 Å². The summed E-state index contributed by atoms with van der Waals surface area (Å²) < 4.78 is 11.1. The molecule has 0 spiro atoms. The molecule has 0 aliphatic rings. The Hall–Kier alpha value is -3.73. The normalized spacial score (nSPS) is 10.6. The molecule has 4 aromatic rings. The number of ether oxygens (including phenoxy) is 2. The first-order valence-electron chi connectivity index (χ1n) is 9.00. The molecular weight excluding hydrogens is 350 g/mol. The molecule has 0 radical (unpaired) electrons. The van der Waals surface area contributed by atoms with E-state index < -0.39 is 0 Å². The van der Waals surface area contributed by atoms with Crippen LogP contribution in [0.5, 0.6) is 11.5 Å². The number of benzene rings is 3. The quantitative estimate of drug-likeness (QED) is 0.505. The molecule has 0 bridgehead atoms. The molecule has 5 heteroatoms. The summed E-state index contributed by atoms with van der Waals surface area (Å²) in [4.78, 5) is 0. The van der Waals surface area contributed by atoms with E-state index in [4.69, 9.17) is 15.2 Å². The van der Waals surface area contributed by atoms with Crippen molar-refractivity contribution in [3.05, 3.63) is 84.4 Å². The first kappa shape index (κ1) is 17.7. The van der Waals surface area contributed by atoms with Crippen molar-refractivity contribution in [3.63, 3.8) is 0 Å². The van der Waals surface area contributed by atoms with E-state index in [2.05, 4.69) is 10.2 Å². The zero-order valence-electron chi connectivity index (χ0n) is 15.6. The van der Waals surface area contributed by atoms with Crippen molar-refractivity contribution in [2.24, 2.45) is 0 Å². The molecule has 0 fully saturated rings. The van der Waals surface area contributed by atoms with Gasteiger partial charge in [-0.3, -0.25) is 5.10 Å². The summed E-state index contributed by atoms with van der Waals surface area (Å²) in [6, 6.07) is 25.8. The highest BCUT2D eigenvalue weighted by molar-refractivity contribution is 5.87. The number of rotatable bonds is 6. The van der Waals surface area contributed by atoms with Gasteiger partial charge < -0.3 is 15.2 Å². The van der Waals surface area contributed by atoms with E-state index in [1.165, 1.54) is 0 Å². The Balaban J connectivity index is 1.56. The van der Waals surface area contributed by atoms with Crippen molar-refractivity contribution in [1.82, 2.24) is 10.2 Å². The van der Waals surface area contributed by atoms with Crippen molar-refractivity contribution in [2.45, 2.75) is 6.61 Å². The smallest absolute Gasteiger partial charge is 0.153 e. The van der Waals surface area contributed by atoms with Gasteiger partial charge in [0, 0.05) is 5.56 Å². The SMILES string of the molecule is COc1ccc(-c2c(N)n[nH]c2-c2ccc(OCc3ccccc3)cc2)cc1. The largest absolute Gasteiger partial charge is 0.497 e. The van der Waals surface area contributed by atoms with Crippen LogP contribution in [0.2, 0.25) is 0 Å². The summed E-state index contributed by atoms with van der Waals surface area (Å²) in [5.41, 5.74) is 11.0. The van der Waals surface area contributed by atoms with Crippen molar-refractivity contribution < 1.29 is 9.47 Å². The molecule has 3 aromatic carbocycles. The van der Waals surface area contributed by atoms with Crippen LogP contribution in [0.3, 0.4) is 0 Å². The van der Waals surface area contributed by atoms with Gasteiger partial charge in [0.1, 0.15) is 18.1 Å². The third-order valence-electron chi connectivity index (χ3n) is 4.56. The third-order valence-corrected chi connectivity index (χ3v) is 4.56. The molecule has 1 heterocycles. The average Bonchev–Trinajstić information content (AvgIpc) is 3.15. The number of nitrogens with zero attached hydrogens (tertiary/aromatic N) is 1. The number of nitrogen functional groups attached to an aromatic ring is 1. The lowest BCUT2D eigenvalue weighted by atomic mass is 10.0. The maximum Gasteiger partial charge on any atom is 0.153 e. The van der Waals surface area contributed by atoms with Crippen LogP contribution < -0.4 is 15.2 Å². The fraction of sp³-hybridized carbons (Fsp3) is 0.0870. The molecule has 3 N–H and O–H groups in total. The van der Waals surface area contributed by atoms with Crippen molar-refractivity contribution in [1.29, 1.82) is 0 Å². The van der Waals surface area contributed by atoms with Crippen LogP contribution in [0.25, 0.3) is 22.4 Å². The lowest BCUT2D eigenvalue weighted by Crippen LogP contribution is -1.94. The standard InChI is InChI=1S/C23H21N3O2/c1-27-19-11-7-17(8-12-19)21-22(25-26-23(21)24)18-9-13-20(14-10-18)28-15-16-5-3-2-4-6-16/h2-14H,15H2,1H3,(H3,24,25,26). The predicted molar refractivity (Wildman–Crippen MR) is 111 cm³/mol. The van der Waals surface area contributed by atoms with Crippen LogP contribution in [-0.2, 0) is 6.61 Å². The van der Waals surface area contributed by atoms with E-state index in [9.17, 15) is 0 Å². The molecule has 0 saturated carbocycles. The van der Waals surface area contributed by atoms with E-state index in [1.807, 2.05) is 78.9 Å². The number of hydrogen-bond donors (Lipinski definition) is 2. The lowest BCUT2D eigenvalue weighted by Gasteiger charge is -2.09. The maximum atomic E-state index is 6.12. The average molecular weight is 371 g/mol. The molecule has 0 unspecified atom stereocenters. The predicted octanol–water partition coefficient (Wildman–Crippen LogP) is 4.91. The Morgan fingerprint density at radius 2 is 1.46 bits per heavy atom. The van der Waals surface area contributed by atoms with Gasteiger partial charge in [0.15, 0.2) is 5.82 Å². The first-order chi connectivity index (χ1) is 13.7. The fourth-order valence-corrected chi connectivity index (χ4v) is 3.07. The van der Waals surface area contributed by atoms with Crippen LogP contribution in [0.1, 0.15) is 5.56 Å². The summed E-state index contributed by atoms with van der Waals surface area (Å²) in [6.07, 6.45) is 0. The van der Waals surface area contributed by atoms with Crippen LogP contribution in [0, 0.1) is 0 Å². The van der Waals surface area contributed by atoms with Gasteiger partial charge in [0.05, 0.1) is 18.4 Å². The number of aromatic amines is 1. The Morgan fingerprint density at radius 3 is 2.14 bits per heavy atom. The molecule has 0 amide bonds. The minimum absolute atomic E-state index is 0.463. The van der Waals surface area contributed by atoms with Gasteiger partial charge in [-0.05, 0) is 47.5 Å². The molecule has 5 nitrogen and oxygen atoms in total. The highest BCUT2D eigenvalue weighted by atomic mass is 16.5. The number of nitrogens with one attached hydrogen (secondary N) is 1. The van der Waals surface area contributed by atoms with Crippen LogP contribution in [0.4, 0.5) is 5.82 Å². The minimum atomic E-state index is 0.463. The van der Waals surface area contributed by atoms with Crippen LogP contribution in [0.15, 0.2) is 78.9 Å². The molecule has 4 rings (SSSR count). The van der Waals surface area contributed by atoms with Crippen molar-refractivity contribution in [3.8, 4) is 33.9 Å². The van der Waals surface area contributed by atoms with Crippen LogP contribution >= 0.6 is 0 Å². The van der Waals surface area contributed by atoms with E-state index in [0.29, 0.717) is 12.4 Å². The Kier molecular flexibility index (Phi) is 4.97. The summed E-state index contributed by atoms with van der Waals surface area (Å²) in [5.74, 6) is 2.07. The topological polar surface area (TPSA) is 73.2 Å². The second-order valence-corrected chi connectivity index (χ2v) is 6.39. The second kappa shape index (κ2) is 7.88. The fourth-order valence-electron chi connectivity index (χ4n) is 3.07. The number of anilines is 1. The maximum absolute atomic E-state index is 6.12. The van der Waals surface area contributed by atoms with Gasteiger partial charge in [0.2, 0.25) is 0 Å². The molecule has 28 heavy (non-hydrogen) atoms. The van der Waals surface area contributed by atoms with Gasteiger partial charge >= 0.3 is 0 Å². The first-order valence-corrected chi connectivity index (χ1v) is 9.00. The van der Waals surface area contributed by atoms with Crippen molar-refractivity contribution in [2.75, 3.05) is 12.8 Å². The van der Waals surface area contributed by atoms with Crippen molar-refractivity contribution >= 4 is 5.82 Å². The lowest BCUT2D eigenvalue weighted by molar-refractivity contribution is 0.306. The number of aromatic nitrogens is 2. The number of nitrogens with two attached hydrogens (primary N) is 1. The molecule has 1 aromatic heterocycles. The van der Waals surface area contributed by atoms with Gasteiger partial charge in [-0.2, -0.15) is 5.10 Å².